The molecule has 3 rings (SSSR count). The van der Waals surface area contributed by atoms with Crippen LogP contribution < -0.4 is 5.32 Å². The van der Waals surface area contributed by atoms with Gasteiger partial charge in [-0.05, 0) is 37.5 Å². The summed E-state index contributed by atoms with van der Waals surface area (Å²) in [6, 6.07) is 3.78. The first-order valence-corrected chi connectivity index (χ1v) is 9.59. The molecule has 1 unspecified atom stereocenters. The van der Waals surface area contributed by atoms with Gasteiger partial charge in [0.1, 0.15) is 5.82 Å². The summed E-state index contributed by atoms with van der Waals surface area (Å²) in [4.78, 5) is 49.9. The first kappa shape index (κ1) is 20.8. The lowest BCUT2D eigenvalue weighted by Gasteiger charge is -2.31. The molecular formula is C20H23FN2O6. The van der Waals surface area contributed by atoms with Gasteiger partial charge in [-0.3, -0.25) is 19.2 Å². The third kappa shape index (κ3) is 4.90. The number of halogens is 1. The van der Waals surface area contributed by atoms with Crippen molar-refractivity contribution in [1.29, 1.82) is 0 Å². The van der Waals surface area contributed by atoms with Crippen molar-refractivity contribution in [1.82, 2.24) is 4.90 Å². The van der Waals surface area contributed by atoms with E-state index >= 15 is 0 Å². The van der Waals surface area contributed by atoms with Crippen LogP contribution in [0.3, 0.4) is 0 Å². The number of carbonyl (C=O) groups is 4. The molecule has 0 aromatic heterocycles. The molecule has 0 spiro atoms. The summed E-state index contributed by atoms with van der Waals surface area (Å²) in [5, 5.41) is 2.52. The van der Waals surface area contributed by atoms with Crippen LogP contribution in [0.25, 0.3) is 0 Å². The Morgan fingerprint density at radius 1 is 1.17 bits per heavy atom. The highest BCUT2D eigenvalue weighted by atomic mass is 19.1. The van der Waals surface area contributed by atoms with E-state index in [1.165, 1.54) is 12.1 Å². The zero-order valence-electron chi connectivity index (χ0n) is 16.1. The maximum Gasteiger partial charge on any atom is 0.314 e. The number of amides is 2. The fourth-order valence-corrected chi connectivity index (χ4v) is 3.60. The lowest BCUT2D eigenvalue weighted by molar-refractivity contribution is -0.156. The second-order valence-electron chi connectivity index (χ2n) is 7.05. The van der Waals surface area contributed by atoms with Gasteiger partial charge in [-0.2, -0.15) is 0 Å². The first-order chi connectivity index (χ1) is 13.9. The highest BCUT2D eigenvalue weighted by Gasteiger charge is 2.33. The molecule has 2 heterocycles. The lowest BCUT2D eigenvalue weighted by atomic mass is 9.90. The molecule has 1 aromatic carbocycles. The molecule has 2 aliphatic heterocycles. The van der Waals surface area contributed by atoms with Crippen LogP contribution in [0.1, 0.15) is 37.7 Å². The van der Waals surface area contributed by atoms with E-state index in [-0.39, 0.29) is 29.9 Å². The van der Waals surface area contributed by atoms with Crippen molar-refractivity contribution in [2.24, 2.45) is 5.92 Å². The topological polar surface area (TPSA) is 102 Å². The van der Waals surface area contributed by atoms with Gasteiger partial charge in [0.15, 0.2) is 6.61 Å². The molecule has 2 amide bonds. The first-order valence-electron chi connectivity index (χ1n) is 9.59. The summed E-state index contributed by atoms with van der Waals surface area (Å²) in [7, 11) is 0. The normalized spacial score (nSPS) is 19.2. The molecule has 8 nitrogen and oxygen atoms in total. The van der Waals surface area contributed by atoms with E-state index in [0.29, 0.717) is 38.1 Å². The highest BCUT2D eigenvalue weighted by molar-refractivity contribution is 6.00. The number of hydrogen-bond donors (Lipinski definition) is 1. The maximum absolute atomic E-state index is 13.4. The average Bonchev–Trinajstić information content (AvgIpc) is 2.71. The van der Waals surface area contributed by atoms with Crippen LogP contribution in [0.4, 0.5) is 10.1 Å². The predicted octanol–water partition coefficient (Wildman–Crippen LogP) is 1.60. The van der Waals surface area contributed by atoms with Gasteiger partial charge < -0.3 is 19.7 Å². The van der Waals surface area contributed by atoms with Gasteiger partial charge in [-0.1, -0.05) is 6.07 Å². The van der Waals surface area contributed by atoms with Gasteiger partial charge in [-0.25, -0.2) is 4.39 Å². The van der Waals surface area contributed by atoms with E-state index in [2.05, 4.69) is 5.32 Å². The van der Waals surface area contributed by atoms with Crippen LogP contribution >= 0.6 is 0 Å². The van der Waals surface area contributed by atoms with E-state index < -0.39 is 30.2 Å². The maximum atomic E-state index is 13.4. The molecule has 1 fully saturated rings. The van der Waals surface area contributed by atoms with Gasteiger partial charge >= 0.3 is 11.9 Å². The molecule has 0 radical (unpaired) electrons. The Labute approximate surface area is 167 Å². The Balaban J connectivity index is 1.53. The minimum atomic E-state index is -0.887. The number of fused-ring (bicyclic) bond motifs is 1. The molecule has 0 bridgehead atoms. The van der Waals surface area contributed by atoms with Crippen LogP contribution in [-0.2, 0) is 28.7 Å². The second kappa shape index (κ2) is 9.02. The number of hydrogen-bond acceptors (Lipinski definition) is 6. The Kier molecular flexibility index (Phi) is 6.46. The van der Waals surface area contributed by atoms with E-state index in [4.69, 9.17) is 9.47 Å². The Morgan fingerprint density at radius 2 is 1.90 bits per heavy atom. The van der Waals surface area contributed by atoms with Gasteiger partial charge in [0.2, 0.25) is 5.91 Å². The quantitative estimate of drug-likeness (QED) is 0.746. The number of esters is 2. The van der Waals surface area contributed by atoms with Crippen molar-refractivity contribution in [3.63, 3.8) is 0 Å². The van der Waals surface area contributed by atoms with E-state index in [9.17, 15) is 23.6 Å². The molecule has 1 atom stereocenters. The fraction of sp³-hybridized carbons (Fsp3) is 0.500. The summed E-state index contributed by atoms with van der Waals surface area (Å²) in [5.74, 6) is -3.38. The number of anilines is 1. The molecule has 1 aromatic rings. The molecule has 0 aliphatic carbocycles. The molecule has 9 heteroatoms. The monoisotopic (exact) mass is 406 g/mol. The van der Waals surface area contributed by atoms with Gasteiger partial charge in [0, 0.05) is 25.2 Å². The van der Waals surface area contributed by atoms with Gasteiger partial charge in [-0.15, -0.1) is 0 Å². The summed E-state index contributed by atoms with van der Waals surface area (Å²) in [5.41, 5.74) is 0.689. The molecule has 156 valence electrons. The minimum Gasteiger partial charge on any atom is -0.466 e. The zero-order chi connectivity index (χ0) is 21.0. The number of carbonyl (C=O) groups excluding carboxylic acids is 4. The van der Waals surface area contributed by atoms with Crippen molar-refractivity contribution >= 4 is 29.4 Å². The summed E-state index contributed by atoms with van der Waals surface area (Å²) in [6.07, 6.45) is 0.872. The van der Waals surface area contributed by atoms with Gasteiger partial charge in [0.05, 0.1) is 18.4 Å². The predicted molar refractivity (Wildman–Crippen MR) is 99.3 cm³/mol. The van der Waals surface area contributed by atoms with Crippen LogP contribution in [-0.4, -0.2) is 55.0 Å². The van der Waals surface area contributed by atoms with Crippen LogP contribution in [0, 0.1) is 11.7 Å². The molecule has 29 heavy (non-hydrogen) atoms. The van der Waals surface area contributed by atoms with Crippen molar-refractivity contribution in [2.45, 2.75) is 32.1 Å². The standard InChI is InChI=1S/C20H23FN2O6/c1-2-28-19(26)12-5-7-23(8-6-12)18(25)11-29-20(27)15-10-17(24)22-16-9-13(21)3-4-14(15)16/h3-4,9,12,15H,2,5-8,10-11H2,1H3,(H,22,24). The van der Waals surface area contributed by atoms with Crippen molar-refractivity contribution < 1.29 is 33.0 Å². The number of likely N-dealkylation sites (tertiary alicyclic amines) is 1. The van der Waals surface area contributed by atoms with E-state index in [0.717, 1.165) is 6.07 Å². The zero-order valence-corrected chi connectivity index (χ0v) is 16.1. The van der Waals surface area contributed by atoms with E-state index in [1.54, 1.807) is 11.8 Å². The smallest absolute Gasteiger partial charge is 0.314 e. The van der Waals surface area contributed by atoms with Crippen LogP contribution in [0.15, 0.2) is 18.2 Å². The second-order valence-corrected chi connectivity index (χ2v) is 7.05. The third-order valence-electron chi connectivity index (χ3n) is 5.14. The molecule has 1 saturated heterocycles. The molecule has 1 N–H and O–H groups in total. The third-order valence-corrected chi connectivity index (χ3v) is 5.14. The van der Waals surface area contributed by atoms with Crippen molar-refractivity contribution in [3.8, 4) is 0 Å². The summed E-state index contributed by atoms with van der Waals surface area (Å²) < 4.78 is 23.5. The van der Waals surface area contributed by atoms with E-state index in [1.807, 2.05) is 0 Å². The number of benzene rings is 1. The van der Waals surface area contributed by atoms with Crippen molar-refractivity contribution in [3.05, 3.63) is 29.6 Å². The van der Waals surface area contributed by atoms with Crippen molar-refractivity contribution in [2.75, 3.05) is 31.6 Å². The highest BCUT2D eigenvalue weighted by Crippen LogP contribution is 2.33. The Bertz CT molecular complexity index is 819. The number of rotatable bonds is 5. The number of nitrogens with one attached hydrogen (secondary N) is 1. The average molecular weight is 406 g/mol. The Hall–Kier alpha value is -2.97. The summed E-state index contributed by atoms with van der Waals surface area (Å²) >= 11 is 0. The Morgan fingerprint density at radius 3 is 2.59 bits per heavy atom. The SMILES string of the molecule is CCOC(=O)C1CCN(C(=O)COC(=O)C2CC(=O)Nc3cc(F)ccc32)CC1. The molecule has 2 aliphatic rings. The van der Waals surface area contributed by atoms with Crippen LogP contribution in [0.2, 0.25) is 0 Å². The number of piperidine rings is 1. The molecule has 0 saturated carbocycles. The lowest BCUT2D eigenvalue weighted by Crippen LogP contribution is -2.42. The minimum absolute atomic E-state index is 0.128. The fourth-order valence-electron chi connectivity index (χ4n) is 3.60. The molecular weight excluding hydrogens is 383 g/mol. The summed E-state index contributed by atoms with van der Waals surface area (Å²) in [6.45, 7) is 2.39. The number of ether oxygens (including phenoxy) is 2. The van der Waals surface area contributed by atoms with Crippen LogP contribution in [0.5, 0.6) is 0 Å². The number of nitrogens with zero attached hydrogens (tertiary/aromatic N) is 1. The van der Waals surface area contributed by atoms with Gasteiger partial charge in [0.25, 0.3) is 5.91 Å². The largest absolute Gasteiger partial charge is 0.466 e.